The van der Waals surface area contributed by atoms with Gasteiger partial charge in [-0.25, -0.2) is 0 Å². The van der Waals surface area contributed by atoms with E-state index in [0.29, 0.717) is 0 Å². The number of benzene rings is 2. The molecule has 1 N–H and O–H groups in total. The maximum Gasteiger partial charge on any atom is 0.0482 e. The van der Waals surface area contributed by atoms with Crippen molar-refractivity contribution in [1.29, 1.82) is 0 Å². The highest BCUT2D eigenvalue weighted by Crippen LogP contribution is 2.15. The van der Waals surface area contributed by atoms with Crippen molar-refractivity contribution >= 4 is 33.4 Å². The van der Waals surface area contributed by atoms with E-state index in [1.165, 1.54) is 16.3 Å². The summed E-state index contributed by atoms with van der Waals surface area (Å²) in [6, 6.07) is 15.1. The molecule has 0 fully saturated rings. The molecule has 72 valence electrons. The number of nitrogens with one attached hydrogen (secondary N) is 1. The van der Waals surface area contributed by atoms with Crippen LogP contribution in [0, 0.1) is 0 Å². The molecule has 0 aliphatic carbocycles. The summed E-state index contributed by atoms with van der Waals surface area (Å²) >= 11 is 2.32. The molecule has 0 unspecified atom stereocenters. The molecule has 2 rings (SSSR count). The summed E-state index contributed by atoms with van der Waals surface area (Å²) in [7, 11) is 0. The smallest absolute Gasteiger partial charge is 0.0482 e. The summed E-state index contributed by atoms with van der Waals surface area (Å²) in [5.41, 5.74) is 1.35. The maximum atomic E-state index is 3.32. The van der Waals surface area contributed by atoms with Gasteiger partial charge in [0, 0.05) is 11.1 Å². The van der Waals surface area contributed by atoms with Crippen LogP contribution in [0.25, 0.3) is 10.8 Å². The van der Waals surface area contributed by atoms with Crippen LogP contribution in [-0.4, -0.2) is 4.55 Å². The summed E-state index contributed by atoms with van der Waals surface area (Å²) in [5, 5.41) is 5.95. The molecule has 0 spiro atoms. The summed E-state index contributed by atoms with van der Waals surface area (Å²) < 4.78 is 0.991. The largest absolute Gasteiger partial charge is 0.304 e. The van der Waals surface area contributed by atoms with Gasteiger partial charge >= 0.3 is 0 Å². The Labute approximate surface area is 97.7 Å². The van der Waals surface area contributed by atoms with Crippen LogP contribution in [0.5, 0.6) is 0 Å². The van der Waals surface area contributed by atoms with Crippen molar-refractivity contribution in [3.8, 4) is 0 Å². The van der Waals surface area contributed by atoms with Gasteiger partial charge in [-0.05, 0) is 22.4 Å². The second kappa shape index (κ2) is 4.75. The lowest BCUT2D eigenvalue weighted by Crippen LogP contribution is -2.09. The lowest BCUT2D eigenvalue weighted by molar-refractivity contribution is 0.809. The van der Waals surface area contributed by atoms with Crippen LogP contribution in [0.3, 0.4) is 0 Å². The number of fused-ring (bicyclic) bond motifs is 1. The van der Waals surface area contributed by atoms with E-state index in [9.17, 15) is 0 Å². The fourth-order valence-electron chi connectivity index (χ4n) is 1.54. The molecule has 2 aromatic carbocycles. The van der Waals surface area contributed by atoms with Crippen molar-refractivity contribution in [1.82, 2.24) is 5.32 Å². The minimum atomic E-state index is 0.952. The molecule has 0 bridgehead atoms. The molecule has 0 aromatic heterocycles. The molecule has 0 heterocycles. The molecular weight excluding hydrogens is 285 g/mol. The van der Waals surface area contributed by atoms with Gasteiger partial charge < -0.3 is 5.32 Å². The van der Waals surface area contributed by atoms with E-state index in [0.717, 1.165) is 11.1 Å². The van der Waals surface area contributed by atoms with Crippen molar-refractivity contribution in [2.45, 2.75) is 6.54 Å². The Morgan fingerprint density at radius 1 is 1.00 bits per heavy atom. The first kappa shape index (κ1) is 9.93. The molecule has 2 heteroatoms. The van der Waals surface area contributed by atoms with Crippen LogP contribution >= 0.6 is 22.6 Å². The van der Waals surface area contributed by atoms with Crippen molar-refractivity contribution in [2.75, 3.05) is 4.55 Å². The molecule has 0 saturated carbocycles. The van der Waals surface area contributed by atoms with Crippen molar-refractivity contribution in [3.63, 3.8) is 0 Å². The van der Waals surface area contributed by atoms with Crippen LogP contribution in [0.1, 0.15) is 5.56 Å². The first-order chi connectivity index (χ1) is 6.90. The Morgan fingerprint density at radius 2 is 1.79 bits per heavy atom. The predicted octanol–water partition coefficient (Wildman–Crippen LogP) is 3.32. The van der Waals surface area contributed by atoms with Gasteiger partial charge in [0.05, 0.1) is 0 Å². The molecule has 1 nitrogen and oxygen atoms in total. The van der Waals surface area contributed by atoms with Crippen molar-refractivity contribution in [2.24, 2.45) is 0 Å². The first-order valence-corrected chi connectivity index (χ1v) is 6.17. The van der Waals surface area contributed by atoms with Gasteiger partial charge in [-0.2, -0.15) is 0 Å². The van der Waals surface area contributed by atoms with E-state index in [2.05, 4.69) is 70.4 Å². The molecular formula is C12H12IN. The number of hydrogen-bond acceptors (Lipinski definition) is 1. The Balaban J connectivity index is 2.32. The summed E-state index contributed by atoms with van der Waals surface area (Å²) in [6.45, 7) is 0.952. The first-order valence-electron chi connectivity index (χ1n) is 4.64. The number of alkyl halides is 1. The van der Waals surface area contributed by atoms with Crippen molar-refractivity contribution < 1.29 is 0 Å². The van der Waals surface area contributed by atoms with Gasteiger partial charge in [-0.15, -0.1) is 0 Å². The number of halogens is 1. The van der Waals surface area contributed by atoms with E-state index < -0.39 is 0 Å². The van der Waals surface area contributed by atoms with Gasteiger partial charge in [-0.3, -0.25) is 0 Å². The number of rotatable bonds is 3. The Bertz CT molecular complexity index is 425. The fourth-order valence-corrected chi connectivity index (χ4v) is 1.81. The van der Waals surface area contributed by atoms with E-state index in [4.69, 9.17) is 0 Å². The molecule has 0 aliphatic rings. The topological polar surface area (TPSA) is 12.0 Å². The molecule has 2 aromatic rings. The second-order valence-corrected chi connectivity index (χ2v) is 4.00. The SMILES string of the molecule is ICNCc1ccc2ccccc2c1. The summed E-state index contributed by atoms with van der Waals surface area (Å²) in [6.07, 6.45) is 0. The molecule has 0 atom stereocenters. The normalized spacial score (nSPS) is 10.6. The second-order valence-electron chi connectivity index (χ2n) is 3.24. The zero-order chi connectivity index (χ0) is 9.80. The number of hydrogen-bond donors (Lipinski definition) is 1. The van der Waals surface area contributed by atoms with E-state index in [1.54, 1.807) is 0 Å². The van der Waals surface area contributed by atoms with Gasteiger partial charge in [0.15, 0.2) is 0 Å². The average Bonchev–Trinajstić information content (AvgIpc) is 2.26. The minimum absolute atomic E-state index is 0.952. The molecule has 0 aliphatic heterocycles. The van der Waals surface area contributed by atoms with Crippen LogP contribution < -0.4 is 5.32 Å². The minimum Gasteiger partial charge on any atom is -0.304 e. The van der Waals surface area contributed by atoms with Crippen molar-refractivity contribution in [3.05, 3.63) is 48.0 Å². The lowest BCUT2D eigenvalue weighted by atomic mass is 10.1. The Kier molecular flexibility index (Phi) is 3.37. The molecule has 0 saturated heterocycles. The van der Waals surface area contributed by atoms with Crippen LogP contribution in [0.15, 0.2) is 42.5 Å². The van der Waals surface area contributed by atoms with Gasteiger partial charge in [0.25, 0.3) is 0 Å². The average molecular weight is 297 g/mol. The van der Waals surface area contributed by atoms with Crippen LogP contribution in [0.4, 0.5) is 0 Å². The van der Waals surface area contributed by atoms with E-state index >= 15 is 0 Å². The highest BCUT2D eigenvalue weighted by atomic mass is 127. The third-order valence-corrected chi connectivity index (χ3v) is 2.78. The third kappa shape index (κ3) is 2.25. The van der Waals surface area contributed by atoms with Crippen LogP contribution in [-0.2, 0) is 6.54 Å². The predicted molar refractivity (Wildman–Crippen MR) is 69.7 cm³/mol. The molecule has 14 heavy (non-hydrogen) atoms. The van der Waals surface area contributed by atoms with E-state index in [1.807, 2.05) is 0 Å². The molecule has 0 radical (unpaired) electrons. The maximum absolute atomic E-state index is 3.32. The quantitative estimate of drug-likeness (QED) is 0.520. The highest BCUT2D eigenvalue weighted by Gasteiger charge is 1.94. The third-order valence-electron chi connectivity index (χ3n) is 2.24. The Morgan fingerprint density at radius 3 is 2.57 bits per heavy atom. The zero-order valence-corrected chi connectivity index (χ0v) is 9.99. The fraction of sp³-hybridized carbons (Fsp3) is 0.167. The standard InChI is InChI=1S/C12H12IN/c13-9-14-8-10-5-6-11-3-1-2-4-12(11)7-10/h1-7,14H,8-9H2. The lowest BCUT2D eigenvalue weighted by Gasteiger charge is -2.03. The summed E-state index contributed by atoms with van der Waals surface area (Å²) in [4.78, 5) is 0. The van der Waals surface area contributed by atoms with Gasteiger partial charge in [0.1, 0.15) is 0 Å². The van der Waals surface area contributed by atoms with E-state index in [-0.39, 0.29) is 0 Å². The van der Waals surface area contributed by atoms with Gasteiger partial charge in [-0.1, -0.05) is 59.0 Å². The van der Waals surface area contributed by atoms with Crippen LogP contribution in [0.2, 0.25) is 0 Å². The monoisotopic (exact) mass is 297 g/mol. The zero-order valence-electron chi connectivity index (χ0n) is 7.83. The highest BCUT2D eigenvalue weighted by molar-refractivity contribution is 14.1. The Hall–Kier alpha value is -0.610. The molecule has 0 amide bonds. The van der Waals surface area contributed by atoms with Gasteiger partial charge in [0.2, 0.25) is 0 Å². The summed E-state index contributed by atoms with van der Waals surface area (Å²) in [5.74, 6) is 0.